The van der Waals surface area contributed by atoms with Gasteiger partial charge in [0.2, 0.25) is 5.91 Å². The molecule has 1 aliphatic carbocycles. The Kier molecular flexibility index (Phi) is 4.11. The molecule has 3 nitrogen and oxygen atoms in total. The molecule has 0 N–H and O–H groups in total. The number of likely N-dealkylation sites (tertiary alicyclic amines) is 2. The van der Waals surface area contributed by atoms with E-state index in [4.69, 9.17) is 0 Å². The van der Waals surface area contributed by atoms with E-state index >= 15 is 0 Å². The highest BCUT2D eigenvalue weighted by Crippen LogP contribution is 2.43. The van der Waals surface area contributed by atoms with Crippen LogP contribution in [-0.2, 0) is 11.3 Å². The lowest BCUT2D eigenvalue weighted by molar-refractivity contribution is -0.139. The van der Waals surface area contributed by atoms with Gasteiger partial charge < -0.3 is 4.90 Å². The van der Waals surface area contributed by atoms with Crippen molar-refractivity contribution in [3.8, 4) is 0 Å². The Morgan fingerprint density at radius 2 is 1.96 bits per heavy atom. The van der Waals surface area contributed by atoms with Crippen LogP contribution in [-0.4, -0.2) is 41.4 Å². The number of halogens is 1. The Bertz CT molecular complexity index is 633. The van der Waals surface area contributed by atoms with Gasteiger partial charge in [0.25, 0.3) is 0 Å². The van der Waals surface area contributed by atoms with Gasteiger partial charge in [-0.1, -0.05) is 12.1 Å². The number of nitrogens with zero attached hydrogens (tertiary/aromatic N) is 2. The van der Waals surface area contributed by atoms with Crippen molar-refractivity contribution < 1.29 is 9.18 Å². The molecule has 2 heterocycles. The van der Waals surface area contributed by atoms with Crippen molar-refractivity contribution in [1.29, 1.82) is 0 Å². The normalized spacial score (nSPS) is 24.6. The fourth-order valence-corrected chi connectivity index (χ4v) is 4.42. The van der Waals surface area contributed by atoms with E-state index in [1.54, 1.807) is 0 Å². The molecule has 1 amide bonds. The lowest BCUT2D eigenvalue weighted by Gasteiger charge is -2.47. The van der Waals surface area contributed by atoms with Crippen molar-refractivity contribution in [2.24, 2.45) is 5.41 Å². The third-order valence-electron chi connectivity index (χ3n) is 6.37. The second-order valence-electron chi connectivity index (χ2n) is 8.05. The van der Waals surface area contributed by atoms with Gasteiger partial charge in [-0.15, -0.1) is 0 Å². The minimum absolute atomic E-state index is 0.105. The lowest BCUT2D eigenvalue weighted by Crippen LogP contribution is -2.52. The van der Waals surface area contributed by atoms with Crippen LogP contribution in [0.4, 0.5) is 4.39 Å². The third kappa shape index (κ3) is 3.08. The molecule has 3 fully saturated rings. The van der Waals surface area contributed by atoms with Crippen molar-refractivity contribution in [3.63, 3.8) is 0 Å². The number of carbonyl (C=O) groups is 1. The Morgan fingerprint density at radius 1 is 1.21 bits per heavy atom. The molecule has 4 rings (SSSR count). The average molecular weight is 330 g/mol. The van der Waals surface area contributed by atoms with Crippen molar-refractivity contribution in [2.75, 3.05) is 19.6 Å². The van der Waals surface area contributed by atoms with E-state index in [1.807, 2.05) is 19.1 Å². The van der Waals surface area contributed by atoms with Crippen LogP contribution in [0.5, 0.6) is 0 Å². The van der Waals surface area contributed by atoms with E-state index in [9.17, 15) is 9.18 Å². The zero-order valence-corrected chi connectivity index (χ0v) is 14.6. The van der Waals surface area contributed by atoms with Crippen LogP contribution in [0.3, 0.4) is 0 Å². The van der Waals surface area contributed by atoms with Gasteiger partial charge in [-0.25, -0.2) is 4.39 Å². The number of rotatable bonds is 3. The smallest absolute Gasteiger partial charge is 0.222 e. The summed E-state index contributed by atoms with van der Waals surface area (Å²) in [5.74, 6) is 0.271. The standard InChI is InChI=1S/C20H27FN2O/c1-15-16(3-2-4-18(15)21)13-22-11-9-20(10-12-22)8-7-19(24)23(14-20)17-5-6-17/h2-4,17H,5-14H2,1H3. The number of hydrogen-bond acceptors (Lipinski definition) is 2. The maximum Gasteiger partial charge on any atom is 0.222 e. The highest BCUT2D eigenvalue weighted by molar-refractivity contribution is 5.77. The maximum atomic E-state index is 13.7. The van der Waals surface area contributed by atoms with Crippen LogP contribution in [0, 0.1) is 18.2 Å². The van der Waals surface area contributed by atoms with E-state index in [-0.39, 0.29) is 5.82 Å². The second-order valence-corrected chi connectivity index (χ2v) is 8.05. The van der Waals surface area contributed by atoms with Gasteiger partial charge in [0.15, 0.2) is 0 Å². The third-order valence-corrected chi connectivity index (χ3v) is 6.37. The van der Waals surface area contributed by atoms with Crippen LogP contribution < -0.4 is 0 Å². The first-order chi connectivity index (χ1) is 11.6. The van der Waals surface area contributed by atoms with E-state index in [0.717, 1.165) is 63.0 Å². The lowest BCUT2D eigenvalue weighted by atomic mass is 9.72. The summed E-state index contributed by atoms with van der Waals surface area (Å²) in [5, 5.41) is 0. The summed E-state index contributed by atoms with van der Waals surface area (Å²) in [7, 11) is 0. The summed E-state index contributed by atoms with van der Waals surface area (Å²) >= 11 is 0. The quantitative estimate of drug-likeness (QED) is 0.847. The summed E-state index contributed by atoms with van der Waals surface area (Å²) in [5.41, 5.74) is 2.22. The molecule has 0 aromatic heterocycles. The topological polar surface area (TPSA) is 23.6 Å². The minimum atomic E-state index is -0.105. The van der Waals surface area contributed by atoms with Gasteiger partial charge >= 0.3 is 0 Å². The zero-order valence-electron chi connectivity index (χ0n) is 14.6. The molecule has 1 aromatic carbocycles. The largest absolute Gasteiger partial charge is 0.339 e. The molecular formula is C20H27FN2O. The molecule has 0 unspecified atom stereocenters. The van der Waals surface area contributed by atoms with Gasteiger partial charge in [0.1, 0.15) is 5.82 Å². The number of benzene rings is 1. The Hall–Kier alpha value is -1.42. The van der Waals surface area contributed by atoms with Crippen LogP contribution in [0.2, 0.25) is 0 Å². The molecule has 130 valence electrons. The summed E-state index contributed by atoms with van der Waals surface area (Å²) in [6.07, 6.45) is 6.52. The predicted octanol–water partition coefficient (Wildman–Crippen LogP) is 3.50. The molecule has 1 spiro atoms. The van der Waals surface area contributed by atoms with E-state index in [0.29, 0.717) is 17.4 Å². The van der Waals surface area contributed by atoms with Gasteiger partial charge in [0, 0.05) is 25.6 Å². The SMILES string of the molecule is Cc1c(F)cccc1CN1CCC2(CCC(=O)N(C3CC3)C2)CC1. The molecule has 0 atom stereocenters. The molecule has 3 aliphatic rings. The van der Waals surface area contributed by atoms with Crippen molar-refractivity contribution in [2.45, 2.75) is 58.0 Å². The van der Waals surface area contributed by atoms with E-state index in [2.05, 4.69) is 9.80 Å². The minimum Gasteiger partial charge on any atom is -0.339 e. The molecule has 0 radical (unpaired) electrons. The monoisotopic (exact) mass is 330 g/mol. The van der Waals surface area contributed by atoms with Crippen LogP contribution >= 0.6 is 0 Å². The first kappa shape index (κ1) is 16.1. The average Bonchev–Trinajstić information content (AvgIpc) is 3.41. The summed E-state index contributed by atoms with van der Waals surface area (Å²) < 4.78 is 13.7. The summed E-state index contributed by atoms with van der Waals surface area (Å²) in [6, 6.07) is 5.93. The fourth-order valence-electron chi connectivity index (χ4n) is 4.42. The molecule has 24 heavy (non-hydrogen) atoms. The predicted molar refractivity (Wildman–Crippen MR) is 92.1 cm³/mol. The molecule has 4 heteroatoms. The Morgan fingerprint density at radius 3 is 2.67 bits per heavy atom. The van der Waals surface area contributed by atoms with Crippen LogP contribution in [0.1, 0.15) is 49.7 Å². The number of piperidine rings is 2. The molecule has 2 aliphatic heterocycles. The molecule has 1 saturated carbocycles. The molecule has 1 aromatic rings. The van der Waals surface area contributed by atoms with Crippen molar-refractivity contribution >= 4 is 5.91 Å². The highest BCUT2D eigenvalue weighted by atomic mass is 19.1. The first-order valence-corrected chi connectivity index (χ1v) is 9.32. The number of hydrogen-bond donors (Lipinski definition) is 0. The van der Waals surface area contributed by atoms with Gasteiger partial charge in [-0.05, 0) is 74.7 Å². The Labute approximate surface area is 143 Å². The zero-order chi connectivity index (χ0) is 16.7. The first-order valence-electron chi connectivity index (χ1n) is 9.32. The second kappa shape index (κ2) is 6.14. The van der Waals surface area contributed by atoms with E-state index in [1.165, 1.54) is 18.9 Å². The van der Waals surface area contributed by atoms with E-state index < -0.39 is 0 Å². The van der Waals surface area contributed by atoms with Crippen molar-refractivity contribution in [3.05, 3.63) is 35.1 Å². The van der Waals surface area contributed by atoms with Crippen molar-refractivity contribution in [1.82, 2.24) is 9.80 Å². The molecular weight excluding hydrogens is 303 g/mol. The molecule has 2 saturated heterocycles. The Balaban J connectivity index is 1.38. The van der Waals surface area contributed by atoms with Gasteiger partial charge in [0.05, 0.1) is 0 Å². The van der Waals surface area contributed by atoms with Gasteiger partial charge in [-0.3, -0.25) is 9.69 Å². The molecule has 0 bridgehead atoms. The summed E-state index contributed by atoms with van der Waals surface area (Å²) in [4.78, 5) is 16.8. The van der Waals surface area contributed by atoms with Crippen LogP contribution in [0.25, 0.3) is 0 Å². The number of amides is 1. The fraction of sp³-hybridized carbons (Fsp3) is 0.650. The highest BCUT2D eigenvalue weighted by Gasteiger charge is 2.44. The summed E-state index contributed by atoms with van der Waals surface area (Å²) in [6.45, 7) is 5.80. The van der Waals surface area contributed by atoms with Crippen LogP contribution in [0.15, 0.2) is 18.2 Å². The maximum absolute atomic E-state index is 13.7. The van der Waals surface area contributed by atoms with Gasteiger partial charge in [-0.2, -0.15) is 0 Å². The number of carbonyl (C=O) groups excluding carboxylic acids is 1.